The molecule has 1 saturated carbocycles. The largest absolute Gasteiger partial charge is 0.356 e. The highest BCUT2D eigenvalue weighted by atomic mass is 16.2. The molecule has 2 aromatic carbocycles. The number of amides is 2. The molecule has 3 aromatic rings. The molecule has 1 aliphatic carbocycles. The molecule has 1 aromatic heterocycles. The van der Waals surface area contributed by atoms with Crippen LogP contribution in [0.1, 0.15) is 49.1 Å². The lowest BCUT2D eigenvalue weighted by Crippen LogP contribution is -2.41. The highest BCUT2D eigenvalue weighted by molar-refractivity contribution is 5.83. The van der Waals surface area contributed by atoms with E-state index >= 15 is 0 Å². The minimum Gasteiger partial charge on any atom is -0.356 e. The molecular formula is C28H33N5O2. The van der Waals surface area contributed by atoms with E-state index in [1.54, 1.807) is 11.0 Å². The summed E-state index contributed by atoms with van der Waals surface area (Å²) in [6, 6.07) is 21.0. The fraction of sp³-hybridized carbons (Fsp3) is 0.429. The maximum atomic E-state index is 13.0. The fourth-order valence-corrected chi connectivity index (χ4v) is 5.55. The van der Waals surface area contributed by atoms with Gasteiger partial charge in [-0.25, -0.2) is 4.98 Å². The van der Waals surface area contributed by atoms with Crippen LogP contribution in [0.3, 0.4) is 0 Å². The van der Waals surface area contributed by atoms with Crippen molar-refractivity contribution in [2.45, 2.75) is 44.6 Å². The van der Waals surface area contributed by atoms with Gasteiger partial charge in [0.05, 0.1) is 6.54 Å². The summed E-state index contributed by atoms with van der Waals surface area (Å²) in [6.45, 7) is 2.69. The minimum atomic E-state index is 0.0850. The minimum absolute atomic E-state index is 0.0850. The van der Waals surface area contributed by atoms with Gasteiger partial charge in [0, 0.05) is 37.9 Å². The van der Waals surface area contributed by atoms with Crippen molar-refractivity contribution < 1.29 is 9.59 Å². The van der Waals surface area contributed by atoms with Gasteiger partial charge in [0.2, 0.25) is 11.8 Å². The quantitative estimate of drug-likeness (QED) is 0.517. The second-order valence-electron chi connectivity index (χ2n) is 9.86. The first kappa shape index (κ1) is 23.3. The van der Waals surface area contributed by atoms with Gasteiger partial charge in [-0.3, -0.25) is 14.3 Å². The van der Waals surface area contributed by atoms with Crippen LogP contribution in [0.15, 0.2) is 73.3 Å². The van der Waals surface area contributed by atoms with Gasteiger partial charge in [-0.15, -0.1) is 0 Å². The van der Waals surface area contributed by atoms with Crippen LogP contribution in [-0.4, -0.2) is 51.1 Å². The monoisotopic (exact) mass is 471 g/mol. The van der Waals surface area contributed by atoms with E-state index in [1.807, 2.05) is 17.0 Å². The molecule has 2 fully saturated rings. The normalized spacial score (nSPS) is 18.5. The molecule has 182 valence electrons. The molecule has 1 N–H and O–H groups in total. The Morgan fingerprint density at radius 1 is 1.00 bits per heavy atom. The van der Waals surface area contributed by atoms with Crippen LogP contribution in [0, 0.1) is 11.3 Å². The number of likely N-dealkylation sites (tertiary alicyclic amines) is 1. The van der Waals surface area contributed by atoms with Crippen molar-refractivity contribution in [3.63, 3.8) is 0 Å². The topological polar surface area (TPSA) is 80.1 Å². The summed E-state index contributed by atoms with van der Waals surface area (Å²) >= 11 is 0. The van der Waals surface area contributed by atoms with Gasteiger partial charge >= 0.3 is 0 Å². The van der Waals surface area contributed by atoms with Crippen molar-refractivity contribution in [3.8, 4) is 0 Å². The smallest absolute Gasteiger partial charge is 0.224 e. The zero-order chi connectivity index (χ0) is 24.1. The highest BCUT2D eigenvalue weighted by Crippen LogP contribution is 2.59. The first-order chi connectivity index (χ1) is 17.1. The van der Waals surface area contributed by atoms with Crippen molar-refractivity contribution in [1.29, 1.82) is 0 Å². The molecule has 1 atom stereocenters. The Hall–Kier alpha value is -3.48. The zero-order valence-corrected chi connectivity index (χ0v) is 20.1. The lowest BCUT2D eigenvalue weighted by molar-refractivity contribution is -0.133. The molecule has 7 nitrogen and oxygen atoms in total. The van der Waals surface area contributed by atoms with Gasteiger partial charge < -0.3 is 10.2 Å². The molecule has 1 spiro atoms. The van der Waals surface area contributed by atoms with Crippen LogP contribution in [0.5, 0.6) is 0 Å². The van der Waals surface area contributed by atoms with Crippen LogP contribution < -0.4 is 5.32 Å². The van der Waals surface area contributed by atoms with E-state index in [0.717, 1.165) is 38.8 Å². The molecular weight excluding hydrogens is 438 g/mol. The standard InChI is InChI=1S/C28H33N5O2/c34-26(12-16-33-21-29-20-31-33)32-17-13-28(14-18-32)19-25(28)27(35)30-15-11-24(22-7-3-1-4-8-22)23-9-5-2-6-10-23/h1-10,20-21,24-25H,11-19H2,(H,30,35). The average molecular weight is 472 g/mol. The summed E-state index contributed by atoms with van der Waals surface area (Å²) in [7, 11) is 0. The summed E-state index contributed by atoms with van der Waals surface area (Å²) in [5.41, 5.74) is 2.64. The SMILES string of the molecule is O=C(NCCC(c1ccccc1)c1ccccc1)C1CC12CCN(C(=O)CCn1cncn1)CC2. The number of carbonyl (C=O) groups is 2. The lowest BCUT2D eigenvalue weighted by Gasteiger charge is -2.33. The van der Waals surface area contributed by atoms with Gasteiger partial charge in [-0.05, 0) is 42.2 Å². The second-order valence-corrected chi connectivity index (χ2v) is 9.86. The molecule has 35 heavy (non-hydrogen) atoms. The summed E-state index contributed by atoms with van der Waals surface area (Å²) in [5, 5.41) is 7.28. The van der Waals surface area contributed by atoms with Crippen LogP contribution in [0.25, 0.3) is 0 Å². The van der Waals surface area contributed by atoms with E-state index in [0.29, 0.717) is 19.5 Å². The number of rotatable bonds is 9. The number of aryl methyl sites for hydroxylation is 1. The Bertz CT molecular complexity index is 1070. The van der Waals surface area contributed by atoms with Crippen molar-refractivity contribution in [1.82, 2.24) is 25.0 Å². The maximum absolute atomic E-state index is 13.0. The van der Waals surface area contributed by atoms with Crippen molar-refractivity contribution in [2.75, 3.05) is 19.6 Å². The molecule has 1 aliphatic heterocycles. The Morgan fingerprint density at radius 2 is 1.66 bits per heavy atom. The van der Waals surface area contributed by atoms with E-state index < -0.39 is 0 Å². The molecule has 0 radical (unpaired) electrons. The van der Waals surface area contributed by atoms with Crippen LogP contribution in [-0.2, 0) is 16.1 Å². The number of nitrogens with zero attached hydrogens (tertiary/aromatic N) is 4. The molecule has 2 amide bonds. The van der Waals surface area contributed by atoms with Crippen molar-refractivity contribution in [3.05, 3.63) is 84.4 Å². The predicted octanol–water partition coefficient (Wildman–Crippen LogP) is 3.64. The van der Waals surface area contributed by atoms with Crippen LogP contribution in [0.4, 0.5) is 0 Å². The van der Waals surface area contributed by atoms with E-state index in [1.165, 1.54) is 17.5 Å². The number of hydrogen-bond acceptors (Lipinski definition) is 4. The van der Waals surface area contributed by atoms with Crippen LogP contribution in [0.2, 0.25) is 0 Å². The molecule has 1 unspecified atom stereocenters. The van der Waals surface area contributed by atoms with Gasteiger partial charge in [0.25, 0.3) is 0 Å². The van der Waals surface area contributed by atoms with Gasteiger partial charge in [0.15, 0.2) is 0 Å². The maximum Gasteiger partial charge on any atom is 0.224 e. The van der Waals surface area contributed by atoms with Gasteiger partial charge in [-0.2, -0.15) is 5.10 Å². The Kier molecular flexibility index (Phi) is 6.93. The molecule has 5 rings (SSSR count). The summed E-state index contributed by atoms with van der Waals surface area (Å²) in [4.78, 5) is 31.4. The third-order valence-electron chi connectivity index (χ3n) is 7.78. The third-order valence-corrected chi connectivity index (χ3v) is 7.78. The molecule has 2 aliphatic rings. The average Bonchev–Trinajstić information content (AvgIpc) is 3.33. The van der Waals surface area contributed by atoms with Crippen molar-refractivity contribution >= 4 is 11.8 Å². The number of nitrogens with one attached hydrogen (secondary N) is 1. The van der Waals surface area contributed by atoms with E-state index in [9.17, 15) is 9.59 Å². The first-order valence-electron chi connectivity index (χ1n) is 12.6. The van der Waals surface area contributed by atoms with E-state index in [2.05, 4.69) is 63.9 Å². The zero-order valence-electron chi connectivity index (χ0n) is 20.1. The lowest BCUT2D eigenvalue weighted by atomic mass is 9.88. The Labute approximate surface area is 206 Å². The fourth-order valence-electron chi connectivity index (χ4n) is 5.55. The number of piperidine rings is 1. The predicted molar refractivity (Wildman–Crippen MR) is 133 cm³/mol. The molecule has 1 saturated heterocycles. The summed E-state index contributed by atoms with van der Waals surface area (Å²) < 4.78 is 1.69. The molecule has 2 heterocycles. The van der Waals surface area contributed by atoms with Gasteiger partial charge in [-0.1, -0.05) is 60.7 Å². The Morgan fingerprint density at radius 3 is 2.26 bits per heavy atom. The van der Waals surface area contributed by atoms with E-state index in [-0.39, 0.29) is 29.1 Å². The van der Waals surface area contributed by atoms with Gasteiger partial charge in [0.1, 0.15) is 12.7 Å². The van der Waals surface area contributed by atoms with E-state index in [4.69, 9.17) is 0 Å². The summed E-state index contributed by atoms with van der Waals surface area (Å²) in [6.07, 6.45) is 7.19. The second kappa shape index (κ2) is 10.4. The first-order valence-corrected chi connectivity index (χ1v) is 12.6. The molecule has 0 bridgehead atoms. The number of benzene rings is 2. The third kappa shape index (κ3) is 5.45. The van der Waals surface area contributed by atoms with Crippen LogP contribution >= 0.6 is 0 Å². The number of carbonyl (C=O) groups excluding carboxylic acids is 2. The Balaban J connectivity index is 1.09. The number of aromatic nitrogens is 3. The van der Waals surface area contributed by atoms with Crippen molar-refractivity contribution in [2.24, 2.45) is 11.3 Å². The number of hydrogen-bond donors (Lipinski definition) is 1. The summed E-state index contributed by atoms with van der Waals surface area (Å²) in [5.74, 6) is 0.681. The molecule has 7 heteroatoms. The highest BCUT2D eigenvalue weighted by Gasteiger charge is 2.58.